The predicted octanol–water partition coefficient (Wildman–Crippen LogP) is 3.53. The van der Waals surface area contributed by atoms with Gasteiger partial charge >= 0.3 is 0 Å². The van der Waals surface area contributed by atoms with Gasteiger partial charge in [0.15, 0.2) is 0 Å². The molecule has 2 heteroatoms. The maximum atomic E-state index is 3.73. The van der Waals surface area contributed by atoms with Gasteiger partial charge in [-0.3, -0.25) is 0 Å². The van der Waals surface area contributed by atoms with E-state index >= 15 is 0 Å². The second-order valence-electron chi connectivity index (χ2n) is 6.01. The Morgan fingerprint density at radius 1 is 1.33 bits per heavy atom. The van der Waals surface area contributed by atoms with Crippen molar-refractivity contribution in [2.24, 2.45) is 17.3 Å². The summed E-state index contributed by atoms with van der Waals surface area (Å²) in [4.78, 5) is 2.58. The topological polar surface area (TPSA) is 3.24 Å². The SMILES string of the molecule is CC1CC1CN(C)CC1(CBr)CCCC1. The molecule has 1 nitrogen and oxygen atoms in total. The molecule has 2 fully saturated rings. The number of halogens is 1. The van der Waals surface area contributed by atoms with E-state index in [2.05, 4.69) is 34.8 Å². The summed E-state index contributed by atoms with van der Waals surface area (Å²) in [7, 11) is 2.31. The summed E-state index contributed by atoms with van der Waals surface area (Å²) in [5, 5.41) is 1.20. The summed E-state index contributed by atoms with van der Waals surface area (Å²) in [5.74, 6) is 2.00. The Balaban J connectivity index is 1.78. The van der Waals surface area contributed by atoms with Crippen molar-refractivity contribution in [3.05, 3.63) is 0 Å². The summed E-state index contributed by atoms with van der Waals surface area (Å²) in [6, 6.07) is 0. The Kier molecular flexibility index (Phi) is 3.77. The highest BCUT2D eigenvalue weighted by atomic mass is 79.9. The molecule has 0 amide bonds. The zero-order chi connectivity index (χ0) is 10.9. The maximum Gasteiger partial charge on any atom is 0.0100 e. The van der Waals surface area contributed by atoms with Crippen molar-refractivity contribution in [3.8, 4) is 0 Å². The quantitative estimate of drug-likeness (QED) is 0.693. The molecule has 2 unspecified atom stereocenters. The monoisotopic (exact) mass is 273 g/mol. The summed E-state index contributed by atoms with van der Waals surface area (Å²) in [5.41, 5.74) is 0.604. The standard InChI is InChI=1S/C13H24BrN/c1-11-7-12(11)8-15(2)10-13(9-14)5-3-4-6-13/h11-12H,3-10H2,1-2H3. The minimum absolute atomic E-state index is 0.604. The molecular formula is C13H24BrN. The Morgan fingerprint density at radius 3 is 2.40 bits per heavy atom. The lowest BCUT2D eigenvalue weighted by Crippen LogP contribution is -2.36. The van der Waals surface area contributed by atoms with Gasteiger partial charge in [-0.1, -0.05) is 35.7 Å². The molecule has 0 radical (unpaired) electrons. The molecule has 0 heterocycles. The average Bonchev–Trinajstić information content (AvgIpc) is 2.71. The van der Waals surface area contributed by atoms with Crippen LogP contribution >= 0.6 is 15.9 Å². The van der Waals surface area contributed by atoms with Crippen LogP contribution in [-0.2, 0) is 0 Å². The lowest BCUT2D eigenvalue weighted by atomic mass is 9.88. The van der Waals surface area contributed by atoms with Gasteiger partial charge in [-0.25, -0.2) is 0 Å². The van der Waals surface area contributed by atoms with Gasteiger partial charge in [0.25, 0.3) is 0 Å². The molecule has 0 aromatic carbocycles. The van der Waals surface area contributed by atoms with E-state index in [1.165, 1.54) is 50.5 Å². The Bertz CT molecular complexity index is 211. The number of rotatable bonds is 5. The highest BCUT2D eigenvalue weighted by molar-refractivity contribution is 9.09. The normalized spacial score (nSPS) is 33.6. The summed E-state index contributed by atoms with van der Waals surface area (Å²) in [6.45, 7) is 5.02. The van der Waals surface area contributed by atoms with Gasteiger partial charge < -0.3 is 4.90 Å². The van der Waals surface area contributed by atoms with E-state index in [0.29, 0.717) is 5.41 Å². The molecule has 0 N–H and O–H groups in total. The van der Waals surface area contributed by atoms with Crippen LogP contribution in [0.2, 0.25) is 0 Å². The number of nitrogens with zero attached hydrogens (tertiary/aromatic N) is 1. The van der Waals surface area contributed by atoms with Gasteiger partial charge in [0.1, 0.15) is 0 Å². The van der Waals surface area contributed by atoms with Crippen LogP contribution in [0.4, 0.5) is 0 Å². The van der Waals surface area contributed by atoms with E-state index in [0.717, 1.165) is 11.8 Å². The van der Waals surface area contributed by atoms with Gasteiger partial charge in [-0.15, -0.1) is 0 Å². The molecule has 88 valence electrons. The molecule has 0 aromatic rings. The smallest absolute Gasteiger partial charge is 0.0100 e. The average molecular weight is 274 g/mol. The maximum absolute atomic E-state index is 3.73. The Morgan fingerprint density at radius 2 is 1.93 bits per heavy atom. The zero-order valence-corrected chi connectivity index (χ0v) is 11.7. The van der Waals surface area contributed by atoms with E-state index in [-0.39, 0.29) is 0 Å². The first-order valence-corrected chi connectivity index (χ1v) is 7.52. The van der Waals surface area contributed by atoms with Gasteiger partial charge in [-0.05, 0) is 43.6 Å². The second-order valence-corrected chi connectivity index (χ2v) is 6.57. The highest BCUT2D eigenvalue weighted by Gasteiger charge is 2.37. The first-order chi connectivity index (χ1) is 7.15. The summed E-state index contributed by atoms with van der Waals surface area (Å²) in [6.07, 6.45) is 7.22. The van der Waals surface area contributed by atoms with E-state index in [1.807, 2.05) is 0 Å². The van der Waals surface area contributed by atoms with Crippen LogP contribution in [0.3, 0.4) is 0 Å². The molecule has 2 atom stereocenters. The first kappa shape index (κ1) is 11.9. The van der Waals surface area contributed by atoms with Crippen molar-refractivity contribution in [2.75, 3.05) is 25.5 Å². The second kappa shape index (κ2) is 4.75. The largest absolute Gasteiger partial charge is 0.306 e. The van der Waals surface area contributed by atoms with Gasteiger partial charge in [0, 0.05) is 18.4 Å². The Labute approximate surface area is 103 Å². The van der Waals surface area contributed by atoms with Gasteiger partial charge in [0.05, 0.1) is 0 Å². The van der Waals surface area contributed by atoms with Crippen molar-refractivity contribution in [1.29, 1.82) is 0 Å². The van der Waals surface area contributed by atoms with Crippen molar-refractivity contribution in [2.45, 2.75) is 39.0 Å². The molecule has 0 aliphatic heterocycles. The molecule has 2 saturated carbocycles. The molecule has 0 aromatic heterocycles. The van der Waals surface area contributed by atoms with Crippen molar-refractivity contribution in [3.63, 3.8) is 0 Å². The van der Waals surface area contributed by atoms with E-state index in [4.69, 9.17) is 0 Å². The highest BCUT2D eigenvalue weighted by Crippen LogP contribution is 2.42. The van der Waals surface area contributed by atoms with Crippen LogP contribution in [0.1, 0.15) is 39.0 Å². The van der Waals surface area contributed by atoms with Crippen LogP contribution < -0.4 is 0 Å². The van der Waals surface area contributed by atoms with Crippen molar-refractivity contribution >= 4 is 15.9 Å². The third-order valence-electron chi connectivity index (χ3n) is 4.38. The van der Waals surface area contributed by atoms with Crippen molar-refractivity contribution < 1.29 is 0 Å². The molecule has 2 rings (SSSR count). The minimum atomic E-state index is 0.604. The number of alkyl halides is 1. The lowest BCUT2D eigenvalue weighted by Gasteiger charge is -2.32. The summed E-state index contributed by atoms with van der Waals surface area (Å²) < 4.78 is 0. The first-order valence-electron chi connectivity index (χ1n) is 6.40. The number of hydrogen-bond donors (Lipinski definition) is 0. The fourth-order valence-electron chi connectivity index (χ4n) is 3.15. The third-order valence-corrected chi connectivity index (χ3v) is 5.56. The van der Waals surface area contributed by atoms with Crippen LogP contribution in [0.5, 0.6) is 0 Å². The Hall–Kier alpha value is 0.440. The van der Waals surface area contributed by atoms with Crippen LogP contribution in [0, 0.1) is 17.3 Å². The fourth-order valence-corrected chi connectivity index (χ4v) is 3.89. The third kappa shape index (κ3) is 2.97. The zero-order valence-electron chi connectivity index (χ0n) is 10.1. The van der Waals surface area contributed by atoms with Crippen LogP contribution in [0.15, 0.2) is 0 Å². The molecule has 0 spiro atoms. The van der Waals surface area contributed by atoms with E-state index < -0.39 is 0 Å². The molecule has 0 bridgehead atoms. The molecule has 2 aliphatic rings. The molecule has 0 saturated heterocycles. The minimum Gasteiger partial charge on any atom is -0.306 e. The van der Waals surface area contributed by atoms with Gasteiger partial charge in [-0.2, -0.15) is 0 Å². The van der Waals surface area contributed by atoms with E-state index in [1.54, 1.807) is 0 Å². The van der Waals surface area contributed by atoms with Gasteiger partial charge in [0.2, 0.25) is 0 Å². The van der Waals surface area contributed by atoms with Crippen LogP contribution in [-0.4, -0.2) is 30.4 Å². The number of hydrogen-bond acceptors (Lipinski definition) is 1. The summed E-state index contributed by atoms with van der Waals surface area (Å²) >= 11 is 3.73. The van der Waals surface area contributed by atoms with Crippen molar-refractivity contribution in [1.82, 2.24) is 4.90 Å². The lowest BCUT2D eigenvalue weighted by molar-refractivity contribution is 0.195. The molecule has 15 heavy (non-hydrogen) atoms. The molecular weight excluding hydrogens is 250 g/mol. The van der Waals surface area contributed by atoms with Crippen LogP contribution in [0.25, 0.3) is 0 Å². The molecule has 2 aliphatic carbocycles. The van der Waals surface area contributed by atoms with E-state index in [9.17, 15) is 0 Å². The predicted molar refractivity (Wildman–Crippen MR) is 69.5 cm³/mol. The fraction of sp³-hybridized carbons (Fsp3) is 1.00.